The van der Waals surface area contributed by atoms with Gasteiger partial charge in [-0.15, -0.1) is 11.3 Å². The fraction of sp³-hybridized carbons (Fsp3) is 0.500. The average molecular weight is 348 g/mol. The maximum atomic E-state index is 10.4. The van der Waals surface area contributed by atoms with E-state index in [0.29, 0.717) is 19.2 Å². The van der Waals surface area contributed by atoms with Crippen LogP contribution in [0, 0.1) is 13.8 Å². The molecule has 0 aliphatic rings. The Kier molecular flexibility index (Phi) is 7.28. The van der Waals surface area contributed by atoms with Crippen LogP contribution in [-0.2, 0) is 6.54 Å². The van der Waals surface area contributed by atoms with Crippen LogP contribution in [0.2, 0.25) is 0 Å². The summed E-state index contributed by atoms with van der Waals surface area (Å²) in [5, 5.41) is 10.4. The van der Waals surface area contributed by atoms with Crippen molar-refractivity contribution in [3.05, 3.63) is 51.7 Å². The summed E-state index contributed by atoms with van der Waals surface area (Å²) in [5.41, 5.74) is 1.09. The normalized spacial score (nSPS) is 13.9. The van der Waals surface area contributed by atoms with Gasteiger partial charge in [0, 0.05) is 28.9 Å². The number of benzene rings is 1. The van der Waals surface area contributed by atoms with E-state index in [4.69, 9.17) is 4.74 Å². The Bertz CT molecular complexity index is 626. The predicted molar refractivity (Wildman–Crippen MR) is 102 cm³/mol. The van der Waals surface area contributed by atoms with Gasteiger partial charge in [0.25, 0.3) is 0 Å². The maximum Gasteiger partial charge on any atom is 0.122 e. The predicted octanol–water partition coefficient (Wildman–Crippen LogP) is 4.41. The second-order valence-corrected chi connectivity index (χ2v) is 7.80. The quantitative estimate of drug-likeness (QED) is 0.729. The molecule has 24 heavy (non-hydrogen) atoms. The molecule has 2 unspecified atom stereocenters. The lowest BCUT2D eigenvalue weighted by Crippen LogP contribution is -2.40. The summed E-state index contributed by atoms with van der Waals surface area (Å²) in [6, 6.07) is 12.7. The summed E-state index contributed by atoms with van der Waals surface area (Å²) in [4.78, 5) is 5.02. The first kappa shape index (κ1) is 19.0. The van der Waals surface area contributed by atoms with Gasteiger partial charge in [0.1, 0.15) is 18.5 Å². The first-order valence-corrected chi connectivity index (χ1v) is 9.47. The van der Waals surface area contributed by atoms with Gasteiger partial charge in [-0.05, 0) is 51.0 Å². The number of hydrogen-bond acceptors (Lipinski definition) is 4. The molecule has 1 N–H and O–H groups in total. The van der Waals surface area contributed by atoms with Crippen molar-refractivity contribution < 1.29 is 9.84 Å². The van der Waals surface area contributed by atoms with Crippen molar-refractivity contribution in [1.29, 1.82) is 0 Å². The summed E-state index contributed by atoms with van der Waals surface area (Å²) < 4.78 is 5.79. The lowest BCUT2D eigenvalue weighted by atomic mass is 10.2. The molecule has 3 nitrogen and oxygen atoms in total. The fourth-order valence-electron chi connectivity index (χ4n) is 2.66. The summed E-state index contributed by atoms with van der Waals surface area (Å²) >= 11 is 1.83. The Morgan fingerprint density at radius 2 is 1.92 bits per heavy atom. The van der Waals surface area contributed by atoms with Gasteiger partial charge < -0.3 is 9.84 Å². The Balaban J connectivity index is 1.91. The molecule has 1 aromatic carbocycles. The Morgan fingerprint density at radius 3 is 2.54 bits per heavy atom. The molecule has 0 aliphatic heterocycles. The van der Waals surface area contributed by atoms with Gasteiger partial charge in [-0.1, -0.05) is 25.1 Å². The molecule has 0 bridgehead atoms. The standard InChI is InChI=1S/C20H29NO2S/c1-5-16(3)21(13-19-11-10-17(4)24-19)12-18(22)14-23-20-9-7-6-8-15(20)2/h6-11,16,18,22H,5,12-14H2,1-4H3. The topological polar surface area (TPSA) is 32.7 Å². The van der Waals surface area contributed by atoms with Crippen molar-refractivity contribution in [2.75, 3.05) is 13.2 Å². The molecule has 2 rings (SSSR count). The van der Waals surface area contributed by atoms with Gasteiger partial charge in [-0.2, -0.15) is 0 Å². The zero-order chi connectivity index (χ0) is 17.5. The lowest BCUT2D eigenvalue weighted by Gasteiger charge is -2.30. The molecular formula is C20H29NO2S. The van der Waals surface area contributed by atoms with Crippen molar-refractivity contribution in [3.8, 4) is 5.75 Å². The molecule has 0 fully saturated rings. The van der Waals surface area contributed by atoms with Gasteiger partial charge in [-0.25, -0.2) is 0 Å². The minimum absolute atomic E-state index is 0.321. The van der Waals surface area contributed by atoms with Crippen molar-refractivity contribution in [1.82, 2.24) is 4.90 Å². The number of aryl methyl sites for hydroxylation is 2. The van der Waals surface area contributed by atoms with Crippen LogP contribution in [0.5, 0.6) is 5.75 Å². The number of aliphatic hydroxyl groups is 1. The number of ether oxygens (including phenoxy) is 1. The number of hydrogen-bond donors (Lipinski definition) is 1. The Labute approximate surface area is 149 Å². The number of aliphatic hydroxyl groups excluding tert-OH is 1. The average Bonchev–Trinajstić information content (AvgIpc) is 2.97. The third-order valence-corrected chi connectivity index (χ3v) is 5.32. The van der Waals surface area contributed by atoms with Gasteiger partial charge in [0.05, 0.1) is 0 Å². The van der Waals surface area contributed by atoms with Gasteiger partial charge >= 0.3 is 0 Å². The van der Waals surface area contributed by atoms with Crippen molar-refractivity contribution >= 4 is 11.3 Å². The van der Waals surface area contributed by atoms with Crippen LogP contribution in [0.3, 0.4) is 0 Å². The molecule has 4 heteroatoms. The SMILES string of the molecule is CCC(C)N(Cc1ccc(C)s1)CC(O)COc1ccccc1C. The molecule has 2 atom stereocenters. The van der Waals surface area contributed by atoms with Crippen LogP contribution in [0.25, 0.3) is 0 Å². The summed E-state index contributed by atoms with van der Waals surface area (Å²) in [6.45, 7) is 10.4. The maximum absolute atomic E-state index is 10.4. The van der Waals surface area contributed by atoms with E-state index in [1.54, 1.807) is 0 Å². The first-order chi connectivity index (χ1) is 11.5. The zero-order valence-corrected chi connectivity index (χ0v) is 16.0. The van der Waals surface area contributed by atoms with Crippen molar-refractivity contribution in [3.63, 3.8) is 0 Å². The molecule has 132 valence electrons. The molecular weight excluding hydrogens is 318 g/mol. The van der Waals surface area contributed by atoms with Crippen LogP contribution < -0.4 is 4.74 Å². The highest BCUT2D eigenvalue weighted by molar-refractivity contribution is 7.11. The number of nitrogens with zero attached hydrogens (tertiary/aromatic N) is 1. The van der Waals surface area contributed by atoms with E-state index in [-0.39, 0.29) is 0 Å². The van der Waals surface area contributed by atoms with E-state index in [2.05, 4.69) is 37.8 Å². The Morgan fingerprint density at radius 1 is 1.17 bits per heavy atom. The van der Waals surface area contributed by atoms with E-state index < -0.39 is 6.10 Å². The minimum atomic E-state index is -0.500. The first-order valence-electron chi connectivity index (χ1n) is 8.65. The van der Waals surface area contributed by atoms with Crippen LogP contribution in [0.15, 0.2) is 36.4 Å². The van der Waals surface area contributed by atoms with E-state index in [1.807, 2.05) is 42.5 Å². The van der Waals surface area contributed by atoms with E-state index in [0.717, 1.165) is 24.3 Å². The second kappa shape index (κ2) is 9.21. The number of para-hydroxylation sites is 1. The highest BCUT2D eigenvalue weighted by Gasteiger charge is 2.18. The summed E-state index contributed by atoms with van der Waals surface area (Å²) in [5.74, 6) is 0.848. The molecule has 0 spiro atoms. The molecule has 2 aromatic rings. The van der Waals surface area contributed by atoms with Crippen molar-refractivity contribution in [2.45, 2.75) is 52.8 Å². The fourth-order valence-corrected chi connectivity index (χ4v) is 3.57. The largest absolute Gasteiger partial charge is 0.491 e. The molecule has 0 saturated carbocycles. The van der Waals surface area contributed by atoms with Crippen LogP contribution >= 0.6 is 11.3 Å². The van der Waals surface area contributed by atoms with E-state index >= 15 is 0 Å². The van der Waals surface area contributed by atoms with Crippen LogP contribution in [-0.4, -0.2) is 35.3 Å². The molecule has 0 radical (unpaired) electrons. The second-order valence-electron chi connectivity index (χ2n) is 6.43. The molecule has 0 amide bonds. The van der Waals surface area contributed by atoms with E-state index in [9.17, 15) is 5.11 Å². The molecule has 0 aliphatic carbocycles. The van der Waals surface area contributed by atoms with Crippen molar-refractivity contribution in [2.24, 2.45) is 0 Å². The Hall–Kier alpha value is -1.36. The highest BCUT2D eigenvalue weighted by Crippen LogP contribution is 2.20. The number of thiophene rings is 1. The van der Waals surface area contributed by atoms with Crippen LogP contribution in [0.4, 0.5) is 0 Å². The molecule has 1 aromatic heterocycles. The smallest absolute Gasteiger partial charge is 0.122 e. The summed E-state index contributed by atoms with van der Waals surface area (Å²) in [7, 11) is 0. The molecule has 0 saturated heterocycles. The van der Waals surface area contributed by atoms with Gasteiger partial charge in [0.15, 0.2) is 0 Å². The third kappa shape index (κ3) is 5.62. The monoisotopic (exact) mass is 347 g/mol. The molecule has 1 heterocycles. The summed E-state index contributed by atoms with van der Waals surface area (Å²) in [6.07, 6.45) is 0.565. The highest BCUT2D eigenvalue weighted by atomic mass is 32.1. The minimum Gasteiger partial charge on any atom is -0.491 e. The third-order valence-electron chi connectivity index (χ3n) is 4.34. The van der Waals surface area contributed by atoms with E-state index in [1.165, 1.54) is 9.75 Å². The van der Waals surface area contributed by atoms with Gasteiger partial charge in [-0.3, -0.25) is 4.90 Å². The zero-order valence-electron chi connectivity index (χ0n) is 15.2. The lowest BCUT2D eigenvalue weighted by molar-refractivity contribution is 0.0508. The van der Waals surface area contributed by atoms with Gasteiger partial charge in [0.2, 0.25) is 0 Å². The number of rotatable bonds is 9. The van der Waals surface area contributed by atoms with Crippen LogP contribution in [0.1, 0.15) is 35.6 Å².